The van der Waals surface area contributed by atoms with Crippen molar-refractivity contribution < 1.29 is 5.11 Å². The largest absolute Gasteiger partial charge is 0.392 e. The molecule has 2 atom stereocenters. The van der Waals surface area contributed by atoms with Crippen LogP contribution >= 0.6 is 0 Å². The molecule has 1 nitrogen and oxygen atoms in total. The second-order valence-electron chi connectivity index (χ2n) is 6.51. The maximum atomic E-state index is 10.9. The maximum absolute atomic E-state index is 10.9. The third kappa shape index (κ3) is 4.33. The topological polar surface area (TPSA) is 20.2 Å². The summed E-state index contributed by atoms with van der Waals surface area (Å²) < 4.78 is 0. The fraction of sp³-hybridized carbons (Fsp3) is 0.364. The van der Waals surface area contributed by atoms with E-state index >= 15 is 0 Å². The molecule has 1 aliphatic rings. The Bertz CT molecular complexity index is 615. The van der Waals surface area contributed by atoms with Gasteiger partial charge in [-0.2, -0.15) is 0 Å². The molecule has 1 aliphatic carbocycles. The van der Waals surface area contributed by atoms with E-state index in [0.717, 1.165) is 25.7 Å². The summed E-state index contributed by atoms with van der Waals surface area (Å²) in [6.45, 7) is 0. The fourth-order valence-corrected chi connectivity index (χ4v) is 3.60. The van der Waals surface area contributed by atoms with Crippen molar-refractivity contribution >= 4 is 5.57 Å². The molecule has 0 radical (unpaired) electrons. The minimum absolute atomic E-state index is 0.264. The summed E-state index contributed by atoms with van der Waals surface area (Å²) in [5, 5.41) is 10.9. The van der Waals surface area contributed by atoms with Crippen molar-refractivity contribution in [3.63, 3.8) is 0 Å². The quantitative estimate of drug-likeness (QED) is 0.799. The first kappa shape index (κ1) is 16.0. The average Bonchev–Trinajstić information content (AvgIpc) is 2.87. The van der Waals surface area contributed by atoms with Gasteiger partial charge in [0.05, 0.1) is 6.10 Å². The Morgan fingerprint density at radius 3 is 2.35 bits per heavy atom. The van der Waals surface area contributed by atoms with E-state index in [1.807, 2.05) is 6.07 Å². The summed E-state index contributed by atoms with van der Waals surface area (Å²) in [6.07, 6.45) is 8.54. The molecule has 0 spiro atoms. The van der Waals surface area contributed by atoms with E-state index in [2.05, 4.69) is 60.7 Å². The molecule has 0 unspecified atom stereocenters. The lowest BCUT2D eigenvalue weighted by molar-refractivity contribution is 0.120. The Labute approximate surface area is 139 Å². The first-order chi connectivity index (χ1) is 11.3. The van der Waals surface area contributed by atoms with Crippen LogP contribution in [0.3, 0.4) is 0 Å². The summed E-state index contributed by atoms with van der Waals surface area (Å²) in [7, 11) is 0. The third-order valence-corrected chi connectivity index (χ3v) is 4.88. The first-order valence-electron chi connectivity index (χ1n) is 8.82. The number of aliphatic hydroxyl groups is 1. The molecule has 0 aliphatic heterocycles. The van der Waals surface area contributed by atoms with Crippen molar-refractivity contribution in [3.8, 4) is 0 Å². The van der Waals surface area contributed by atoms with Crippen molar-refractivity contribution in [2.75, 3.05) is 0 Å². The lowest BCUT2D eigenvalue weighted by atomic mass is 9.83. The summed E-state index contributed by atoms with van der Waals surface area (Å²) in [4.78, 5) is 0. The van der Waals surface area contributed by atoms with Crippen LogP contribution in [0.15, 0.2) is 66.7 Å². The molecule has 23 heavy (non-hydrogen) atoms. The molecule has 0 fully saturated rings. The lowest BCUT2D eigenvalue weighted by Crippen LogP contribution is -2.22. The highest BCUT2D eigenvalue weighted by molar-refractivity contribution is 5.68. The summed E-state index contributed by atoms with van der Waals surface area (Å²) in [6, 6.07) is 21.1. The van der Waals surface area contributed by atoms with Gasteiger partial charge in [-0.1, -0.05) is 73.2 Å². The van der Waals surface area contributed by atoms with Gasteiger partial charge in [-0.3, -0.25) is 0 Å². The highest BCUT2D eigenvalue weighted by Crippen LogP contribution is 2.35. The Morgan fingerprint density at radius 2 is 1.61 bits per heavy atom. The Morgan fingerprint density at radius 1 is 0.913 bits per heavy atom. The van der Waals surface area contributed by atoms with Crippen LogP contribution in [0.1, 0.15) is 43.2 Å². The minimum atomic E-state index is -0.264. The standard InChI is InChI=1S/C22H26O/c23-22(17-16-18-10-4-1-5-11-18)21-15-9-3-8-14-20(21)19-12-6-2-7-13-19/h1-2,4-7,10-14,21-23H,3,8-9,15-17H2/t21-,22-/m1/s1. The normalized spacial score (nSPS) is 19.7. The molecule has 0 bridgehead atoms. The van der Waals surface area contributed by atoms with E-state index in [4.69, 9.17) is 0 Å². The number of allylic oxidation sites excluding steroid dienone is 1. The van der Waals surface area contributed by atoms with Crippen molar-refractivity contribution in [1.29, 1.82) is 0 Å². The third-order valence-electron chi connectivity index (χ3n) is 4.88. The second kappa shape index (κ2) is 8.12. The second-order valence-corrected chi connectivity index (χ2v) is 6.51. The molecule has 120 valence electrons. The van der Waals surface area contributed by atoms with E-state index in [0.29, 0.717) is 0 Å². The monoisotopic (exact) mass is 306 g/mol. The molecule has 0 saturated heterocycles. The van der Waals surface area contributed by atoms with Crippen LogP contribution in [0.25, 0.3) is 5.57 Å². The van der Waals surface area contributed by atoms with Crippen LogP contribution < -0.4 is 0 Å². The highest BCUT2D eigenvalue weighted by atomic mass is 16.3. The molecule has 2 aromatic rings. The molecule has 0 saturated carbocycles. The Kier molecular flexibility index (Phi) is 5.65. The van der Waals surface area contributed by atoms with Gasteiger partial charge in [0, 0.05) is 5.92 Å². The predicted molar refractivity (Wildman–Crippen MR) is 97.1 cm³/mol. The van der Waals surface area contributed by atoms with E-state index in [1.165, 1.54) is 29.5 Å². The summed E-state index contributed by atoms with van der Waals surface area (Å²) >= 11 is 0. The summed E-state index contributed by atoms with van der Waals surface area (Å²) in [5.41, 5.74) is 3.94. The van der Waals surface area contributed by atoms with Crippen molar-refractivity contribution in [1.82, 2.24) is 0 Å². The number of rotatable bonds is 5. The zero-order valence-corrected chi connectivity index (χ0v) is 13.7. The van der Waals surface area contributed by atoms with Crippen LogP contribution in [-0.2, 0) is 6.42 Å². The molecule has 3 rings (SSSR count). The molecular formula is C22H26O. The number of aryl methyl sites for hydroxylation is 1. The zero-order valence-electron chi connectivity index (χ0n) is 13.7. The molecule has 2 aromatic carbocycles. The SMILES string of the molecule is O[C@H](CCc1ccccc1)[C@@H]1CCCCC=C1c1ccccc1. The average molecular weight is 306 g/mol. The van der Waals surface area contributed by atoms with E-state index in [1.54, 1.807) is 0 Å². The van der Waals surface area contributed by atoms with Crippen molar-refractivity contribution in [2.45, 2.75) is 44.6 Å². The van der Waals surface area contributed by atoms with E-state index < -0.39 is 0 Å². The van der Waals surface area contributed by atoms with Crippen LogP contribution in [-0.4, -0.2) is 11.2 Å². The van der Waals surface area contributed by atoms with Gasteiger partial charge in [-0.25, -0.2) is 0 Å². The molecule has 1 heteroatoms. The predicted octanol–water partition coefficient (Wildman–Crippen LogP) is 5.25. The smallest absolute Gasteiger partial charge is 0.0612 e. The van der Waals surface area contributed by atoms with E-state index in [9.17, 15) is 5.11 Å². The van der Waals surface area contributed by atoms with Crippen LogP contribution in [0.5, 0.6) is 0 Å². The first-order valence-corrected chi connectivity index (χ1v) is 8.82. The van der Waals surface area contributed by atoms with Crippen LogP contribution in [0.4, 0.5) is 0 Å². The van der Waals surface area contributed by atoms with Gasteiger partial charge in [0.2, 0.25) is 0 Å². The van der Waals surface area contributed by atoms with Crippen LogP contribution in [0.2, 0.25) is 0 Å². The minimum Gasteiger partial charge on any atom is -0.392 e. The van der Waals surface area contributed by atoms with Gasteiger partial charge in [-0.15, -0.1) is 0 Å². The molecule has 0 amide bonds. The van der Waals surface area contributed by atoms with Gasteiger partial charge in [-0.05, 0) is 48.8 Å². The van der Waals surface area contributed by atoms with Crippen molar-refractivity contribution in [3.05, 3.63) is 77.9 Å². The van der Waals surface area contributed by atoms with Gasteiger partial charge < -0.3 is 5.11 Å². The molecule has 0 heterocycles. The number of hydrogen-bond donors (Lipinski definition) is 1. The number of aliphatic hydroxyl groups excluding tert-OH is 1. The van der Waals surface area contributed by atoms with Gasteiger partial charge in [0.25, 0.3) is 0 Å². The van der Waals surface area contributed by atoms with Crippen molar-refractivity contribution in [2.24, 2.45) is 5.92 Å². The lowest BCUT2D eigenvalue weighted by Gasteiger charge is -2.25. The highest BCUT2D eigenvalue weighted by Gasteiger charge is 2.25. The Balaban J connectivity index is 1.72. The zero-order chi connectivity index (χ0) is 15.9. The van der Waals surface area contributed by atoms with Crippen LogP contribution in [0, 0.1) is 5.92 Å². The van der Waals surface area contributed by atoms with Gasteiger partial charge >= 0.3 is 0 Å². The van der Waals surface area contributed by atoms with E-state index in [-0.39, 0.29) is 12.0 Å². The fourth-order valence-electron chi connectivity index (χ4n) is 3.60. The Hall–Kier alpha value is -1.86. The molecular weight excluding hydrogens is 280 g/mol. The van der Waals surface area contributed by atoms with Gasteiger partial charge in [0.1, 0.15) is 0 Å². The molecule has 0 aromatic heterocycles. The summed E-state index contributed by atoms with van der Waals surface area (Å²) in [5.74, 6) is 0.267. The van der Waals surface area contributed by atoms with Gasteiger partial charge in [0.15, 0.2) is 0 Å². The maximum Gasteiger partial charge on any atom is 0.0612 e. The molecule has 1 N–H and O–H groups in total. The number of benzene rings is 2. The number of hydrogen-bond acceptors (Lipinski definition) is 1.